The van der Waals surface area contributed by atoms with Crippen molar-refractivity contribution in [3.8, 4) is 0 Å². The first kappa shape index (κ1) is 24.6. The molecule has 7 heteroatoms. The average molecular weight is 500 g/mol. The van der Waals surface area contributed by atoms with E-state index in [9.17, 15) is 18.4 Å². The highest BCUT2D eigenvalue weighted by atomic mass is 19.1. The fourth-order valence-electron chi connectivity index (χ4n) is 4.88. The maximum atomic E-state index is 13.6. The molecule has 1 amide bonds. The van der Waals surface area contributed by atoms with Crippen LogP contribution in [0.3, 0.4) is 0 Å². The molecule has 0 spiro atoms. The minimum absolute atomic E-state index is 0.225. The van der Waals surface area contributed by atoms with E-state index >= 15 is 0 Å². The predicted molar refractivity (Wildman–Crippen MR) is 137 cm³/mol. The second-order valence-corrected chi connectivity index (χ2v) is 9.17. The van der Waals surface area contributed by atoms with Gasteiger partial charge in [-0.2, -0.15) is 0 Å². The molecule has 37 heavy (non-hydrogen) atoms. The van der Waals surface area contributed by atoms with Crippen molar-refractivity contribution in [2.24, 2.45) is 0 Å². The Morgan fingerprint density at radius 1 is 0.703 bits per heavy atom. The summed E-state index contributed by atoms with van der Waals surface area (Å²) >= 11 is 0. The highest BCUT2D eigenvalue weighted by molar-refractivity contribution is 6.42. The van der Waals surface area contributed by atoms with Gasteiger partial charge >= 0.3 is 0 Å². The lowest BCUT2D eigenvalue weighted by Crippen LogP contribution is -2.51. The maximum absolute atomic E-state index is 13.6. The van der Waals surface area contributed by atoms with Gasteiger partial charge in [0.15, 0.2) is 0 Å². The summed E-state index contributed by atoms with van der Waals surface area (Å²) in [5.74, 6) is -1.70. The van der Waals surface area contributed by atoms with Crippen molar-refractivity contribution in [3.63, 3.8) is 0 Å². The molecule has 1 aliphatic heterocycles. The summed E-state index contributed by atoms with van der Waals surface area (Å²) in [5, 5.41) is 0. The van der Waals surface area contributed by atoms with Gasteiger partial charge in [-0.3, -0.25) is 14.5 Å². The molecule has 0 bridgehead atoms. The van der Waals surface area contributed by atoms with Gasteiger partial charge in [-0.15, -0.1) is 0 Å². The number of ketones is 1. The minimum atomic E-state index is -0.525. The first-order valence-corrected chi connectivity index (χ1v) is 12.3. The number of piperazine rings is 1. The third-order valence-corrected chi connectivity index (χ3v) is 6.79. The summed E-state index contributed by atoms with van der Waals surface area (Å²) in [4.78, 5) is 30.1. The van der Waals surface area contributed by atoms with Crippen LogP contribution in [0.4, 0.5) is 8.78 Å². The number of hydrogen-bond donors (Lipinski definition) is 0. The lowest BCUT2D eigenvalue weighted by atomic mass is 9.96. The van der Waals surface area contributed by atoms with Crippen LogP contribution in [0.2, 0.25) is 0 Å². The Morgan fingerprint density at radius 3 is 1.84 bits per heavy atom. The van der Waals surface area contributed by atoms with E-state index in [1.54, 1.807) is 52.1 Å². The molecule has 1 aliphatic rings. The van der Waals surface area contributed by atoms with E-state index in [-0.39, 0.29) is 17.7 Å². The molecule has 3 aromatic carbocycles. The van der Waals surface area contributed by atoms with E-state index in [0.717, 1.165) is 16.7 Å². The number of carbonyl (C=O) groups excluding carboxylic acids is 2. The van der Waals surface area contributed by atoms with Crippen LogP contribution in [-0.4, -0.2) is 52.2 Å². The number of rotatable bonds is 7. The van der Waals surface area contributed by atoms with Crippen molar-refractivity contribution in [2.75, 3.05) is 26.2 Å². The van der Waals surface area contributed by atoms with Crippen molar-refractivity contribution in [1.29, 1.82) is 0 Å². The van der Waals surface area contributed by atoms with Crippen LogP contribution < -0.4 is 0 Å². The largest absolute Gasteiger partial charge is 0.340 e. The molecule has 5 nitrogen and oxygen atoms in total. The molecule has 0 radical (unpaired) electrons. The Morgan fingerprint density at radius 2 is 1.27 bits per heavy atom. The molecule has 0 atom stereocenters. The van der Waals surface area contributed by atoms with Gasteiger partial charge in [-0.05, 0) is 53.1 Å². The van der Waals surface area contributed by atoms with Crippen LogP contribution in [0.1, 0.15) is 33.2 Å². The number of nitrogens with zero attached hydrogens (tertiary/aromatic N) is 3. The van der Waals surface area contributed by atoms with Gasteiger partial charge in [0.25, 0.3) is 11.7 Å². The lowest BCUT2D eigenvalue weighted by Gasteiger charge is -2.39. The Balaban J connectivity index is 1.29. The minimum Gasteiger partial charge on any atom is -0.340 e. The zero-order valence-electron chi connectivity index (χ0n) is 20.3. The fraction of sp³-hybridized carbons (Fsp3) is 0.200. The van der Waals surface area contributed by atoms with Crippen LogP contribution in [0.25, 0.3) is 0 Å². The first-order chi connectivity index (χ1) is 18.0. The third kappa shape index (κ3) is 5.52. The molecule has 188 valence electrons. The van der Waals surface area contributed by atoms with E-state index in [4.69, 9.17) is 0 Å². The van der Waals surface area contributed by atoms with Gasteiger partial charge < -0.3 is 9.47 Å². The Hall–Kier alpha value is -4.10. The summed E-state index contributed by atoms with van der Waals surface area (Å²) in [6.45, 7) is 2.30. The molecule has 1 aromatic heterocycles. The molecule has 0 saturated carbocycles. The summed E-state index contributed by atoms with van der Waals surface area (Å²) in [5.41, 5.74) is 3.17. The van der Waals surface area contributed by atoms with Gasteiger partial charge in [-0.25, -0.2) is 8.78 Å². The van der Waals surface area contributed by atoms with Crippen molar-refractivity contribution in [1.82, 2.24) is 14.4 Å². The van der Waals surface area contributed by atoms with Gasteiger partial charge in [-0.1, -0.05) is 54.6 Å². The number of carbonyl (C=O) groups is 2. The second-order valence-electron chi connectivity index (χ2n) is 9.17. The van der Waals surface area contributed by atoms with E-state index in [2.05, 4.69) is 4.90 Å². The average Bonchev–Trinajstić information content (AvgIpc) is 3.39. The van der Waals surface area contributed by atoms with E-state index in [1.807, 2.05) is 30.3 Å². The SMILES string of the molecule is O=C(C(=O)N1CCN(C(c2ccc(F)cc2)c2ccc(F)cc2)CC1)c1cccn1Cc1ccccc1. The Bertz CT molecular complexity index is 1310. The zero-order chi connectivity index (χ0) is 25.8. The molecule has 0 unspecified atom stereocenters. The van der Waals surface area contributed by atoms with Crippen molar-refractivity contribution in [2.45, 2.75) is 12.6 Å². The molecule has 0 N–H and O–H groups in total. The van der Waals surface area contributed by atoms with Crippen LogP contribution in [-0.2, 0) is 11.3 Å². The number of benzene rings is 3. The fourth-order valence-corrected chi connectivity index (χ4v) is 4.88. The molecule has 1 saturated heterocycles. The molecule has 5 rings (SSSR count). The van der Waals surface area contributed by atoms with Crippen LogP contribution in [0, 0.1) is 11.6 Å². The zero-order valence-corrected chi connectivity index (χ0v) is 20.3. The van der Waals surface area contributed by atoms with Gasteiger partial charge in [0, 0.05) is 38.9 Å². The van der Waals surface area contributed by atoms with Gasteiger partial charge in [0.2, 0.25) is 0 Å². The number of Topliss-reactive ketones (excluding diaryl/α,β-unsaturated/α-hetero) is 1. The Kier molecular flexibility index (Phi) is 7.23. The molecule has 1 fully saturated rings. The monoisotopic (exact) mass is 499 g/mol. The number of hydrogen-bond acceptors (Lipinski definition) is 3. The molecule has 0 aliphatic carbocycles. The van der Waals surface area contributed by atoms with E-state index in [1.165, 1.54) is 24.3 Å². The summed E-state index contributed by atoms with van der Waals surface area (Å²) in [7, 11) is 0. The lowest BCUT2D eigenvalue weighted by molar-refractivity contribution is -0.128. The van der Waals surface area contributed by atoms with Crippen molar-refractivity contribution < 1.29 is 18.4 Å². The van der Waals surface area contributed by atoms with Crippen LogP contribution in [0.15, 0.2) is 97.2 Å². The quantitative estimate of drug-likeness (QED) is 0.268. The topological polar surface area (TPSA) is 45.6 Å². The maximum Gasteiger partial charge on any atom is 0.296 e. The second kappa shape index (κ2) is 10.9. The molecular formula is C30H27F2N3O2. The van der Waals surface area contributed by atoms with Gasteiger partial charge in [0.05, 0.1) is 11.7 Å². The number of aromatic nitrogens is 1. The number of halogens is 2. The predicted octanol–water partition coefficient (Wildman–Crippen LogP) is 4.93. The normalized spacial score (nSPS) is 14.2. The smallest absolute Gasteiger partial charge is 0.296 e. The van der Waals surface area contributed by atoms with Crippen LogP contribution in [0.5, 0.6) is 0 Å². The van der Waals surface area contributed by atoms with Crippen LogP contribution >= 0.6 is 0 Å². The van der Waals surface area contributed by atoms with Gasteiger partial charge in [0.1, 0.15) is 11.6 Å². The molecule has 4 aromatic rings. The molecule has 2 heterocycles. The van der Waals surface area contributed by atoms with E-state index in [0.29, 0.717) is 38.4 Å². The highest BCUT2D eigenvalue weighted by Gasteiger charge is 2.31. The third-order valence-electron chi connectivity index (χ3n) is 6.79. The first-order valence-electron chi connectivity index (χ1n) is 12.3. The highest BCUT2D eigenvalue weighted by Crippen LogP contribution is 2.30. The number of amides is 1. The van der Waals surface area contributed by atoms with Crippen molar-refractivity contribution in [3.05, 3.63) is 131 Å². The van der Waals surface area contributed by atoms with Crippen molar-refractivity contribution >= 4 is 11.7 Å². The summed E-state index contributed by atoms with van der Waals surface area (Å²) < 4.78 is 29.0. The summed E-state index contributed by atoms with van der Waals surface area (Å²) in [6.07, 6.45) is 1.81. The Labute approximate surface area is 214 Å². The summed E-state index contributed by atoms with van der Waals surface area (Å²) in [6, 6.07) is 25.6. The van der Waals surface area contributed by atoms with E-state index < -0.39 is 11.7 Å². The molecular weight excluding hydrogens is 472 g/mol. The standard InChI is InChI=1S/C30H27F2N3O2/c31-25-12-8-23(9-13-25)28(24-10-14-26(32)15-11-24)33-17-19-34(20-18-33)30(37)29(36)27-7-4-16-35(27)21-22-5-2-1-3-6-22/h1-16,28H,17-21H2.